The summed E-state index contributed by atoms with van der Waals surface area (Å²) in [4.78, 5) is 12.7. The third-order valence-electron chi connectivity index (χ3n) is 3.72. The lowest BCUT2D eigenvalue weighted by atomic mass is 9.83. The highest BCUT2D eigenvalue weighted by Crippen LogP contribution is 2.30. The van der Waals surface area contributed by atoms with Crippen LogP contribution >= 0.6 is 11.6 Å². The number of rotatable bonds is 4. The Labute approximate surface area is 136 Å². The van der Waals surface area contributed by atoms with E-state index in [1.807, 2.05) is 57.2 Å². The summed E-state index contributed by atoms with van der Waals surface area (Å²) < 4.78 is 5.30. The van der Waals surface area contributed by atoms with E-state index >= 15 is 0 Å². The van der Waals surface area contributed by atoms with E-state index in [-0.39, 0.29) is 5.91 Å². The number of carbonyl (C=O) groups is 1. The molecule has 2 rings (SSSR count). The highest BCUT2D eigenvalue weighted by molar-refractivity contribution is 6.30. The number of methoxy groups -OCH3 is 1. The monoisotopic (exact) mass is 317 g/mol. The quantitative estimate of drug-likeness (QED) is 0.896. The molecule has 0 saturated heterocycles. The van der Waals surface area contributed by atoms with Gasteiger partial charge in [-0.3, -0.25) is 4.79 Å². The first kappa shape index (κ1) is 16.4. The Morgan fingerprint density at radius 3 is 2.55 bits per heavy atom. The molecule has 1 N–H and O–H groups in total. The van der Waals surface area contributed by atoms with Gasteiger partial charge in [0.2, 0.25) is 5.91 Å². The molecule has 0 fully saturated rings. The van der Waals surface area contributed by atoms with Crippen molar-refractivity contribution in [1.29, 1.82) is 0 Å². The minimum absolute atomic E-state index is 0.112. The van der Waals surface area contributed by atoms with Crippen molar-refractivity contribution in [1.82, 2.24) is 0 Å². The Morgan fingerprint density at radius 2 is 1.91 bits per heavy atom. The van der Waals surface area contributed by atoms with Crippen molar-refractivity contribution in [2.45, 2.75) is 26.2 Å². The first-order chi connectivity index (χ1) is 10.3. The molecule has 2 aromatic rings. The Hall–Kier alpha value is -2.00. The van der Waals surface area contributed by atoms with E-state index < -0.39 is 5.41 Å². The third-order valence-corrected chi connectivity index (χ3v) is 3.95. The van der Waals surface area contributed by atoms with Crippen molar-refractivity contribution in [2.75, 3.05) is 12.4 Å². The van der Waals surface area contributed by atoms with Gasteiger partial charge >= 0.3 is 0 Å². The number of aryl methyl sites for hydroxylation is 1. The fourth-order valence-electron chi connectivity index (χ4n) is 2.21. The molecule has 0 bridgehead atoms. The zero-order chi connectivity index (χ0) is 16.3. The number of nitrogens with one attached hydrogen (secondary N) is 1. The lowest BCUT2D eigenvalue weighted by Gasteiger charge is -2.25. The van der Waals surface area contributed by atoms with Gasteiger partial charge in [0, 0.05) is 5.02 Å². The van der Waals surface area contributed by atoms with Gasteiger partial charge in [0.15, 0.2) is 0 Å². The van der Waals surface area contributed by atoms with Gasteiger partial charge < -0.3 is 10.1 Å². The minimum Gasteiger partial charge on any atom is -0.495 e. The van der Waals surface area contributed by atoms with Crippen molar-refractivity contribution < 1.29 is 9.53 Å². The normalized spacial score (nSPS) is 11.1. The summed E-state index contributed by atoms with van der Waals surface area (Å²) in [6.07, 6.45) is 0. The molecule has 0 unspecified atom stereocenters. The Balaban J connectivity index is 2.30. The second-order valence-electron chi connectivity index (χ2n) is 5.79. The summed E-state index contributed by atoms with van der Waals surface area (Å²) in [5, 5.41) is 3.57. The molecule has 116 valence electrons. The number of anilines is 1. The number of hydrogen-bond donors (Lipinski definition) is 1. The van der Waals surface area contributed by atoms with Gasteiger partial charge in [0.25, 0.3) is 0 Å². The van der Waals surface area contributed by atoms with Crippen LogP contribution in [0, 0.1) is 6.92 Å². The first-order valence-electron chi connectivity index (χ1n) is 7.06. The van der Waals surface area contributed by atoms with Crippen molar-refractivity contribution in [3.8, 4) is 5.75 Å². The largest absolute Gasteiger partial charge is 0.495 e. The van der Waals surface area contributed by atoms with Crippen LogP contribution in [0.3, 0.4) is 0 Å². The second-order valence-corrected chi connectivity index (χ2v) is 6.23. The number of ether oxygens (including phenoxy) is 1. The number of benzene rings is 2. The molecule has 4 heteroatoms. The Bertz CT molecular complexity index is 695. The summed E-state index contributed by atoms with van der Waals surface area (Å²) in [5.74, 6) is 0.527. The molecule has 0 atom stereocenters. The SMILES string of the molecule is COc1ccc(C)cc1NC(=O)C(C)(C)c1cccc(Cl)c1. The summed E-state index contributed by atoms with van der Waals surface area (Å²) in [6, 6.07) is 13.0. The van der Waals surface area contributed by atoms with Gasteiger partial charge in [0.05, 0.1) is 18.2 Å². The molecule has 3 nitrogen and oxygen atoms in total. The van der Waals surface area contributed by atoms with Crippen LogP contribution in [0.2, 0.25) is 5.02 Å². The zero-order valence-corrected chi connectivity index (χ0v) is 14.0. The standard InChI is InChI=1S/C18H20ClNO2/c1-12-8-9-16(22-4)15(10-12)20-17(21)18(2,3)13-6-5-7-14(19)11-13/h5-11H,1-4H3,(H,20,21). The predicted molar refractivity (Wildman–Crippen MR) is 90.8 cm³/mol. The van der Waals surface area contributed by atoms with Crippen molar-refractivity contribution in [2.24, 2.45) is 0 Å². The van der Waals surface area contributed by atoms with Crippen LogP contribution in [-0.2, 0) is 10.2 Å². The van der Waals surface area contributed by atoms with Crippen molar-refractivity contribution in [3.05, 3.63) is 58.6 Å². The Kier molecular flexibility index (Phi) is 4.77. The van der Waals surface area contributed by atoms with Crippen LogP contribution in [0.5, 0.6) is 5.75 Å². The number of halogens is 1. The zero-order valence-electron chi connectivity index (χ0n) is 13.2. The van der Waals surface area contributed by atoms with E-state index in [0.717, 1.165) is 11.1 Å². The van der Waals surface area contributed by atoms with Crippen LogP contribution < -0.4 is 10.1 Å². The predicted octanol–water partition coefficient (Wildman–Crippen LogP) is 4.57. The lowest BCUT2D eigenvalue weighted by molar-refractivity contribution is -0.120. The summed E-state index contributed by atoms with van der Waals surface area (Å²) in [7, 11) is 1.59. The Morgan fingerprint density at radius 1 is 1.18 bits per heavy atom. The van der Waals surface area contributed by atoms with E-state index in [2.05, 4.69) is 5.32 Å². The molecule has 22 heavy (non-hydrogen) atoms. The van der Waals surface area contributed by atoms with E-state index in [1.54, 1.807) is 13.2 Å². The van der Waals surface area contributed by atoms with E-state index in [9.17, 15) is 4.79 Å². The topological polar surface area (TPSA) is 38.3 Å². The number of hydrogen-bond acceptors (Lipinski definition) is 2. The molecule has 0 aromatic heterocycles. The van der Waals surface area contributed by atoms with Crippen LogP contribution in [0.1, 0.15) is 25.0 Å². The molecule has 0 saturated carbocycles. The van der Waals surface area contributed by atoms with Gasteiger partial charge in [-0.25, -0.2) is 0 Å². The number of amides is 1. The van der Waals surface area contributed by atoms with Crippen LogP contribution in [0.15, 0.2) is 42.5 Å². The molecule has 0 spiro atoms. The molecule has 0 aliphatic rings. The minimum atomic E-state index is -0.709. The molecule has 1 amide bonds. The maximum atomic E-state index is 12.7. The first-order valence-corrected chi connectivity index (χ1v) is 7.44. The maximum Gasteiger partial charge on any atom is 0.234 e. The fourth-order valence-corrected chi connectivity index (χ4v) is 2.40. The average Bonchev–Trinajstić information content (AvgIpc) is 2.47. The molecule has 0 heterocycles. The second kappa shape index (κ2) is 6.41. The molecule has 0 radical (unpaired) electrons. The van der Waals surface area contributed by atoms with Gasteiger partial charge in [-0.2, -0.15) is 0 Å². The lowest BCUT2D eigenvalue weighted by Crippen LogP contribution is -2.34. The summed E-state index contributed by atoms with van der Waals surface area (Å²) in [5.41, 5.74) is 1.88. The van der Waals surface area contributed by atoms with Gasteiger partial charge in [-0.05, 0) is 56.2 Å². The van der Waals surface area contributed by atoms with Crippen molar-refractivity contribution >= 4 is 23.2 Å². The molecule has 2 aromatic carbocycles. The van der Waals surface area contributed by atoms with Crippen LogP contribution in [0.4, 0.5) is 5.69 Å². The number of carbonyl (C=O) groups excluding carboxylic acids is 1. The van der Waals surface area contributed by atoms with Gasteiger partial charge in [0.1, 0.15) is 5.75 Å². The molecular formula is C18H20ClNO2. The van der Waals surface area contributed by atoms with Crippen LogP contribution in [-0.4, -0.2) is 13.0 Å². The highest BCUT2D eigenvalue weighted by Gasteiger charge is 2.30. The van der Waals surface area contributed by atoms with E-state index in [4.69, 9.17) is 16.3 Å². The summed E-state index contributed by atoms with van der Waals surface area (Å²) in [6.45, 7) is 5.71. The molecular weight excluding hydrogens is 298 g/mol. The van der Waals surface area contributed by atoms with E-state index in [1.165, 1.54) is 0 Å². The van der Waals surface area contributed by atoms with Crippen LogP contribution in [0.25, 0.3) is 0 Å². The third kappa shape index (κ3) is 3.42. The van der Waals surface area contributed by atoms with Gasteiger partial charge in [-0.1, -0.05) is 29.8 Å². The molecule has 0 aliphatic heterocycles. The fraction of sp³-hybridized carbons (Fsp3) is 0.278. The maximum absolute atomic E-state index is 12.7. The average molecular weight is 318 g/mol. The molecule has 0 aliphatic carbocycles. The van der Waals surface area contributed by atoms with E-state index in [0.29, 0.717) is 16.5 Å². The smallest absolute Gasteiger partial charge is 0.234 e. The summed E-state index contributed by atoms with van der Waals surface area (Å²) >= 11 is 6.03. The van der Waals surface area contributed by atoms with Crippen molar-refractivity contribution in [3.63, 3.8) is 0 Å². The van der Waals surface area contributed by atoms with Gasteiger partial charge in [-0.15, -0.1) is 0 Å². The highest BCUT2D eigenvalue weighted by atomic mass is 35.5.